The first-order chi connectivity index (χ1) is 16.6. The van der Waals surface area contributed by atoms with Crippen LogP contribution in [0.25, 0.3) is 44.3 Å². The zero-order chi connectivity index (χ0) is 23.1. The largest absolute Gasteiger partial charge is 0.500 e. The van der Waals surface area contributed by atoms with E-state index in [9.17, 15) is 0 Å². The third-order valence-corrected chi connectivity index (χ3v) is 6.79. The van der Waals surface area contributed by atoms with Crippen LogP contribution in [0.3, 0.4) is 0 Å². The Hall–Kier alpha value is -3.52. The van der Waals surface area contributed by atoms with Crippen LogP contribution in [0.1, 0.15) is 25.0 Å². The maximum atomic E-state index is 6.52. The van der Waals surface area contributed by atoms with E-state index >= 15 is 0 Å². The van der Waals surface area contributed by atoms with Crippen LogP contribution in [0.4, 0.5) is 0 Å². The Balaban J connectivity index is 0.00000253. The smallest absolute Gasteiger partial charge is 0.128 e. The molecule has 0 atom stereocenters. The SMILES string of the molecule is CC(C)(c1ccccc1)c1ccc(-c2cccc3c2oc2c(-c4ccccn4)[c-]ccc23)cc1.[Ir]. The summed E-state index contributed by atoms with van der Waals surface area (Å²) in [6.07, 6.45) is 1.80. The van der Waals surface area contributed by atoms with Crippen molar-refractivity contribution in [2.75, 3.05) is 0 Å². The van der Waals surface area contributed by atoms with E-state index < -0.39 is 0 Å². The maximum Gasteiger partial charge on any atom is 0.128 e. The van der Waals surface area contributed by atoms with Crippen molar-refractivity contribution in [3.8, 4) is 22.4 Å². The molecule has 4 aromatic carbocycles. The summed E-state index contributed by atoms with van der Waals surface area (Å²) in [4.78, 5) is 4.52. The third-order valence-electron chi connectivity index (χ3n) is 6.79. The van der Waals surface area contributed by atoms with Gasteiger partial charge in [-0.1, -0.05) is 110 Å². The minimum absolute atomic E-state index is 0. The number of aromatic nitrogens is 1. The van der Waals surface area contributed by atoms with E-state index in [2.05, 4.69) is 104 Å². The van der Waals surface area contributed by atoms with Crippen LogP contribution in [0.15, 0.2) is 114 Å². The van der Waals surface area contributed by atoms with Gasteiger partial charge in [0.2, 0.25) is 0 Å². The molecule has 0 N–H and O–H groups in total. The predicted octanol–water partition coefficient (Wildman–Crippen LogP) is 8.44. The standard InChI is InChI=1S/C32H24NO.Ir/c1-32(2,23-10-4-3-5-11-23)24-19-17-22(18-20-24)25-12-8-13-26-27-14-9-15-28(31(27)34-30(25)26)29-16-6-7-21-33-29;/h3-14,16-21H,1-2H3;/q-1;. The summed E-state index contributed by atoms with van der Waals surface area (Å²) in [7, 11) is 0. The van der Waals surface area contributed by atoms with Gasteiger partial charge >= 0.3 is 0 Å². The van der Waals surface area contributed by atoms with Crippen LogP contribution < -0.4 is 0 Å². The van der Waals surface area contributed by atoms with Gasteiger partial charge in [-0.15, -0.1) is 18.2 Å². The van der Waals surface area contributed by atoms with Gasteiger partial charge in [-0.3, -0.25) is 0 Å². The predicted molar refractivity (Wildman–Crippen MR) is 140 cm³/mol. The fourth-order valence-electron chi connectivity index (χ4n) is 4.78. The van der Waals surface area contributed by atoms with Crippen molar-refractivity contribution >= 4 is 21.9 Å². The average molecular weight is 631 g/mol. The van der Waals surface area contributed by atoms with Crippen LogP contribution in [-0.2, 0) is 25.5 Å². The molecular weight excluding hydrogens is 607 g/mol. The first kappa shape index (κ1) is 23.2. The van der Waals surface area contributed by atoms with Crippen LogP contribution in [0.5, 0.6) is 0 Å². The molecule has 0 saturated carbocycles. The third kappa shape index (κ3) is 4.01. The number of pyridine rings is 1. The molecule has 2 nitrogen and oxygen atoms in total. The van der Waals surface area contributed by atoms with Crippen molar-refractivity contribution in [3.63, 3.8) is 0 Å². The van der Waals surface area contributed by atoms with Crippen molar-refractivity contribution in [1.82, 2.24) is 4.98 Å². The molecule has 0 fully saturated rings. The summed E-state index contributed by atoms with van der Waals surface area (Å²) in [6.45, 7) is 4.54. The van der Waals surface area contributed by atoms with Crippen molar-refractivity contribution in [3.05, 3.63) is 127 Å². The van der Waals surface area contributed by atoms with Crippen LogP contribution in [0.2, 0.25) is 0 Å². The Morgan fingerprint density at radius 3 is 2.14 bits per heavy atom. The van der Waals surface area contributed by atoms with Gasteiger partial charge in [-0.05, 0) is 28.5 Å². The Morgan fingerprint density at radius 2 is 1.40 bits per heavy atom. The van der Waals surface area contributed by atoms with Gasteiger partial charge in [-0.2, -0.15) is 0 Å². The Labute approximate surface area is 219 Å². The Morgan fingerprint density at radius 1 is 0.686 bits per heavy atom. The fourth-order valence-corrected chi connectivity index (χ4v) is 4.78. The number of furan rings is 1. The zero-order valence-corrected chi connectivity index (χ0v) is 22.0. The molecule has 2 heterocycles. The van der Waals surface area contributed by atoms with Gasteiger partial charge in [-0.25, -0.2) is 0 Å². The summed E-state index contributed by atoms with van der Waals surface area (Å²) < 4.78 is 6.52. The molecule has 0 aliphatic rings. The van der Waals surface area contributed by atoms with Crippen molar-refractivity contribution in [2.45, 2.75) is 19.3 Å². The summed E-state index contributed by atoms with van der Waals surface area (Å²) in [5.41, 5.74) is 8.21. The van der Waals surface area contributed by atoms with E-state index in [0.29, 0.717) is 0 Å². The molecule has 1 radical (unpaired) electrons. The van der Waals surface area contributed by atoms with Crippen LogP contribution in [-0.4, -0.2) is 4.98 Å². The fraction of sp³-hybridized carbons (Fsp3) is 0.0938. The first-order valence-corrected chi connectivity index (χ1v) is 11.6. The second-order valence-corrected chi connectivity index (χ2v) is 9.16. The number of fused-ring (bicyclic) bond motifs is 3. The molecule has 35 heavy (non-hydrogen) atoms. The normalized spacial score (nSPS) is 11.5. The van der Waals surface area contributed by atoms with Crippen LogP contribution >= 0.6 is 0 Å². The maximum absolute atomic E-state index is 6.52. The molecule has 0 spiro atoms. The monoisotopic (exact) mass is 631 g/mol. The average Bonchev–Trinajstić information content (AvgIpc) is 3.29. The van der Waals surface area contributed by atoms with E-state index in [1.54, 1.807) is 6.20 Å². The first-order valence-electron chi connectivity index (χ1n) is 11.6. The summed E-state index contributed by atoms with van der Waals surface area (Å²) >= 11 is 0. The van der Waals surface area contributed by atoms with E-state index in [4.69, 9.17) is 4.42 Å². The summed E-state index contributed by atoms with van der Waals surface area (Å²) in [6, 6.07) is 39.1. The van der Waals surface area contributed by atoms with E-state index in [1.165, 1.54) is 11.1 Å². The molecule has 3 heteroatoms. The molecule has 2 aromatic heterocycles. The number of nitrogens with zero attached hydrogens (tertiary/aromatic N) is 1. The van der Waals surface area contributed by atoms with Gasteiger partial charge in [0.25, 0.3) is 0 Å². The van der Waals surface area contributed by atoms with Gasteiger partial charge < -0.3 is 9.40 Å². The van der Waals surface area contributed by atoms with Gasteiger partial charge in [0.05, 0.1) is 5.58 Å². The molecule has 173 valence electrons. The molecule has 0 saturated heterocycles. The number of hydrogen-bond acceptors (Lipinski definition) is 2. The van der Waals surface area contributed by atoms with Gasteiger partial charge in [0, 0.05) is 42.7 Å². The molecule has 6 aromatic rings. The van der Waals surface area contributed by atoms with E-state index in [1.807, 2.05) is 24.3 Å². The minimum atomic E-state index is -0.0709. The minimum Gasteiger partial charge on any atom is -0.500 e. The zero-order valence-electron chi connectivity index (χ0n) is 19.6. The van der Waals surface area contributed by atoms with Gasteiger partial charge in [0.1, 0.15) is 5.58 Å². The number of benzene rings is 4. The number of para-hydroxylation sites is 1. The van der Waals surface area contributed by atoms with Gasteiger partial charge in [0.15, 0.2) is 0 Å². The van der Waals surface area contributed by atoms with Crippen molar-refractivity contribution in [1.29, 1.82) is 0 Å². The molecule has 6 rings (SSSR count). The molecule has 0 bridgehead atoms. The Kier molecular flexibility index (Phi) is 6.15. The molecule has 0 amide bonds. The second kappa shape index (κ2) is 9.26. The van der Waals surface area contributed by atoms with Crippen molar-refractivity contribution < 1.29 is 24.5 Å². The molecule has 0 unspecified atom stereocenters. The quantitative estimate of drug-likeness (QED) is 0.183. The summed E-state index contributed by atoms with van der Waals surface area (Å²) in [5.74, 6) is 0. The van der Waals surface area contributed by atoms with Crippen molar-refractivity contribution in [2.24, 2.45) is 0 Å². The number of hydrogen-bond donors (Lipinski definition) is 0. The molecule has 0 aliphatic heterocycles. The number of rotatable bonds is 4. The Bertz CT molecular complexity index is 1600. The van der Waals surface area contributed by atoms with E-state index in [-0.39, 0.29) is 25.5 Å². The van der Waals surface area contributed by atoms with E-state index in [0.717, 1.165) is 44.3 Å². The molecule has 0 aliphatic carbocycles. The molecular formula is C32H24IrNO-. The topological polar surface area (TPSA) is 26.0 Å². The summed E-state index contributed by atoms with van der Waals surface area (Å²) in [5, 5.41) is 2.19. The van der Waals surface area contributed by atoms with Crippen LogP contribution in [0, 0.1) is 6.07 Å². The second-order valence-electron chi connectivity index (χ2n) is 9.16.